The van der Waals surface area contributed by atoms with Crippen molar-refractivity contribution in [2.75, 3.05) is 39.6 Å². The molecule has 0 aromatic carbocycles. The van der Waals surface area contributed by atoms with E-state index in [4.69, 9.17) is 37.0 Å². The minimum atomic E-state index is -4.96. The molecule has 0 aromatic heterocycles. The van der Waals surface area contributed by atoms with Crippen molar-refractivity contribution in [1.29, 1.82) is 0 Å². The topological polar surface area (TPSA) is 237 Å². The first-order chi connectivity index (χ1) is 49.3. The van der Waals surface area contributed by atoms with E-state index in [9.17, 15) is 43.2 Å². The van der Waals surface area contributed by atoms with Crippen LogP contribution in [0.1, 0.15) is 434 Å². The molecule has 0 aliphatic heterocycles. The second kappa shape index (κ2) is 73.2. The zero-order valence-electron chi connectivity index (χ0n) is 67.1. The predicted octanol–water partition coefficient (Wildman–Crippen LogP) is 24.9. The van der Waals surface area contributed by atoms with Gasteiger partial charge in [0.25, 0.3) is 0 Å². The molecule has 0 spiro atoms. The Morgan fingerprint density at radius 2 is 0.471 bits per heavy atom. The number of ether oxygens (including phenoxy) is 4. The quantitative estimate of drug-likeness (QED) is 0.0222. The Balaban J connectivity index is 5.24. The number of esters is 4. The van der Waals surface area contributed by atoms with Gasteiger partial charge in [0.05, 0.1) is 26.4 Å². The van der Waals surface area contributed by atoms with Gasteiger partial charge in [0.15, 0.2) is 12.2 Å². The molecule has 0 aliphatic carbocycles. The molecule has 3 N–H and O–H groups in total. The number of aliphatic hydroxyl groups is 1. The number of aliphatic hydroxyl groups excluding tert-OH is 1. The molecule has 102 heavy (non-hydrogen) atoms. The van der Waals surface area contributed by atoms with Gasteiger partial charge in [-0.05, 0) is 43.4 Å². The van der Waals surface area contributed by atoms with Gasteiger partial charge in [-0.3, -0.25) is 37.3 Å². The lowest BCUT2D eigenvalue weighted by molar-refractivity contribution is -0.161. The summed E-state index contributed by atoms with van der Waals surface area (Å²) in [5.41, 5.74) is 0. The van der Waals surface area contributed by atoms with Crippen molar-refractivity contribution in [2.45, 2.75) is 452 Å². The molecule has 0 radical (unpaired) electrons. The number of unbranched alkanes of at least 4 members (excludes halogenated alkanes) is 46. The summed E-state index contributed by atoms with van der Waals surface area (Å²) in [7, 11) is -9.92. The van der Waals surface area contributed by atoms with E-state index in [0.29, 0.717) is 25.7 Å². The van der Waals surface area contributed by atoms with E-state index in [1.807, 2.05) is 0 Å². The number of hydrogen-bond acceptors (Lipinski definition) is 15. The van der Waals surface area contributed by atoms with E-state index in [2.05, 4.69) is 48.5 Å². The predicted molar refractivity (Wildman–Crippen MR) is 418 cm³/mol. The molecule has 8 atom stereocenters. The summed E-state index contributed by atoms with van der Waals surface area (Å²) in [5.74, 6) is 0.273. The second-order valence-corrected chi connectivity index (χ2v) is 33.5. The van der Waals surface area contributed by atoms with Gasteiger partial charge < -0.3 is 33.8 Å². The first kappa shape index (κ1) is 100. The Hall–Kier alpha value is -1.94. The lowest BCUT2D eigenvalue weighted by Gasteiger charge is -2.21. The van der Waals surface area contributed by atoms with Gasteiger partial charge >= 0.3 is 39.5 Å². The van der Waals surface area contributed by atoms with Crippen molar-refractivity contribution >= 4 is 39.5 Å². The Kier molecular flexibility index (Phi) is 71.8. The van der Waals surface area contributed by atoms with Crippen LogP contribution in [0, 0.1) is 17.8 Å². The van der Waals surface area contributed by atoms with Crippen molar-refractivity contribution in [2.24, 2.45) is 17.8 Å². The van der Waals surface area contributed by atoms with E-state index in [1.165, 1.54) is 238 Å². The summed E-state index contributed by atoms with van der Waals surface area (Å²) >= 11 is 0. The van der Waals surface area contributed by atoms with Crippen LogP contribution in [0.2, 0.25) is 0 Å². The van der Waals surface area contributed by atoms with Crippen LogP contribution in [0.25, 0.3) is 0 Å². The number of carbonyl (C=O) groups excluding carboxylic acids is 4. The molecule has 0 saturated carbocycles. The van der Waals surface area contributed by atoms with Crippen molar-refractivity contribution in [3.05, 3.63) is 0 Å². The van der Waals surface area contributed by atoms with Crippen molar-refractivity contribution in [3.63, 3.8) is 0 Å². The van der Waals surface area contributed by atoms with Crippen molar-refractivity contribution in [1.82, 2.24) is 0 Å². The van der Waals surface area contributed by atoms with Gasteiger partial charge in [-0.25, -0.2) is 9.13 Å². The van der Waals surface area contributed by atoms with E-state index < -0.39 is 97.5 Å². The lowest BCUT2D eigenvalue weighted by Crippen LogP contribution is -2.30. The minimum Gasteiger partial charge on any atom is -0.462 e. The van der Waals surface area contributed by atoms with Gasteiger partial charge in [-0.1, -0.05) is 382 Å². The molecule has 0 fully saturated rings. The first-order valence-electron chi connectivity index (χ1n) is 43.0. The third-order valence-corrected chi connectivity index (χ3v) is 22.4. The molecule has 5 unspecified atom stereocenters. The molecule has 0 aromatic rings. The average Bonchev–Trinajstić information content (AvgIpc) is 0.949. The molecule has 0 rings (SSSR count). The molecular weight excluding hydrogens is 1330 g/mol. The molecule has 17 nitrogen and oxygen atoms in total. The van der Waals surface area contributed by atoms with Gasteiger partial charge in [0, 0.05) is 25.7 Å². The zero-order chi connectivity index (χ0) is 75.1. The zero-order valence-corrected chi connectivity index (χ0v) is 68.9. The van der Waals surface area contributed by atoms with Crippen molar-refractivity contribution in [3.8, 4) is 0 Å². The highest BCUT2D eigenvalue weighted by Gasteiger charge is 2.30. The van der Waals surface area contributed by atoms with E-state index in [1.54, 1.807) is 0 Å². The fourth-order valence-corrected chi connectivity index (χ4v) is 14.3. The molecule has 0 saturated heterocycles. The number of hydrogen-bond donors (Lipinski definition) is 3. The number of phosphoric ester groups is 2. The maximum Gasteiger partial charge on any atom is 0.472 e. The Bertz CT molecular complexity index is 1980. The summed E-state index contributed by atoms with van der Waals surface area (Å²) < 4.78 is 68.8. The monoisotopic (exact) mass is 1490 g/mol. The SMILES string of the molecule is CCCCCCCCCCCCCCCCCCCCCCC(=O)O[C@H](COC(=O)CCCCCCCCCCCCCCCCC(C)CC)COP(=O)(O)OC[C@@H](O)COP(=O)(O)OC[C@@H](COC(=O)CCCCCCCCC(C)CC)OC(=O)CCCCCCCCCCCCC(C)CC. The van der Waals surface area contributed by atoms with Crippen LogP contribution in [-0.2, 0) is 65.4 Å². The van der Waals surface area contributed by atoms with Crippen LogP contribution in [0.5, 0.6) is 0 Å². The van der Waals surface area contributed by atoms with E-state index in [0.717, 1.165) is 114 Å². The van der Waals surface area contributed by atoms with Crippen LogP contribution in [0.15, 0.2) is 0 Å². The molecule has 0 heterocycles. The molecule has 0 amide bonds. The highest BCUT2D eigenvalue weighted by molar-refractivity contribution is 7.47. The Morgan fingerprint density at radius 3 is 0.696 bits per heavy atom. The summed E-state index contributed by atoms with van der Waals surface area (Å²) in [6.45, 7) is 12.0. The largest absolute Gasteiger partial charge is 0.472 e. The molecule has 0 bridgehead atoms. The Labute approximate surface area is 626 Å². The smallest absolute Gasteiger partial charge is 0.462 e. The summed E-state index contributed by atoms with van der Waals surface area (Å²) in [4.78, 5) is 73.1. The fraction of sp³-hybridized carbons (Fsp3) is 0.952. The lowest BCUT2D eigenvalue weighted by atomic mass is 9.99. The van der Waals surface area contributed by atoms with E-state index in [-0.39, 0.29) is 25.7 Å². The van der Waals surface area contributed by atoms with Crippen LogP contribution in [-0.4, -0.2) is 96.7 Å². The molecule has 0 aliphatic rings. The van der Waals surface area contributed by atoms with Gasteiger partial charge in [0.1, 0.15) is 19.3 Å². The standard InChI is InChI=1S/C83H162O17P2/c1-8-12-13-14-15-16-17-18-19-20-21-22-23-24-29-32-38-43-52-59-66-82(87)99-78(70-93-80(85)64-57-50-42-37-31-28-26-25-27-30-35-40-47-54-61-74(5)9-2)72-97-101(89,90)95-68-77(84)69-96-102(91,92)98-73-79(71-94-81(86)65-58-51-46-45-49-56-63-76(7)11-4)100-83(88)67-60-53-44-39-34-33-36-41-48-55-62-75(6)10-3/h74-79,84H,8-73H2,1-7H3,(H,89,90)(H,91,92)/t74?,75?,76?,77-,78-,79-/m1/s1. The number of rotatable bonds is 81. The van der Waals surface area contributed by atoms with Crippen LogP contribution in [0.3, 0.4) is 0 Å². The van der Waals surface area contributed by atoms with Crippen LogP contribution >= 0.6 is 15.6 Å². The van der Waals surface area contributed by atoms with Crippen molar-refractivity contribution < 1.29 is 80.2 Å². The summed E-state index contributed by atoms with van der Waals surface area (Å²) in [6, 6.07) is 0. The highest BCUT2D eigenvalue weighted by Crippen LogP contribution is 2.45. The molecule has 606 valence electrons. The van der Waals surface area contributed by atoms with Gasteiger partial charge in [-0.15, -0.1) is 0 Å². The highest BCUT2D eigenvalue weighted by atomic mass is 31.2. The van der Waals surface area contributed by atoms with Crippen LogP contribution in [0.4, 0.5) is 0 Å². The first-order valence-corrected chi connectivity index (χ1v) is 46.0. The average molecular weight is 1490 g/mol. The second-order valence-electron chi connectivity index (χ2n) is 30.6. The maximum absolute atomic E-state index is 13.1. The van der Waals surface area contributed by atoms with Crippen LogP contribution < -0.4 is 0 Å². The maximum atomic E-state index is 13.1. The minimum absolute atomic E-state index is 0.105. The molecular formula is C83H162O17P2. The van der Waals surface area contributed by atoms with E-state index >= 15 is 0 Å². The number of phosphoric acid groups is 2. The van der Waals surface area contributed by atoms with Gasteiger partial charge in [-0.2, -0.15) is 0 Å². The van der Waals surface area contributed by atoms with Gasteiger partial charge in [0.2, 0.25) is 0 Å². The fourth-order valence-electron chi connectivity index (χ4n) is 12.7. The number of carbonyl (C=O) groups is 4. The third-order valence-electron chi connectivity index (χ3n) is 20.5. The third kappa shape index (κ3) is 72.3. The summed E-state index contributed by atoms with van der Waals surface area (Å²) in [6.07, 6.45) is 62.4. The normalized spacial score (nSPS) is 14.7. The molecule has 19 heteroatoms. The summed E-state index contributed by atoms with van der Waals surface area (Å²) in [5, 5.41) is 10.7. The Morgan fingerprint density at radius 1 is 0.275 bits per heavy atom.